The van der Waals surface area contributed by atoms with Crippen LogP contribution in [0.2, 0.25) is 0 Å². The molecule has 28 nitrogen and oxygen atoms in total. The summed E-state index contributed by atoms with van der Waals surface area (Å²) in [6.45, 7) is 12.9. The third-order valence-electron chi connectivity index (χ3n) is 14.8. The van der Waals surface area contributed by atoms with Gasteiger partial charge in [0.2, 0.25) is 20.0 Å². The number of hydrogen-bond acceptors (Lipinski definition) is 20. The van der Waals surface area contributed by atoms with Crippen molar-refractivity contribution in [3.63, 3.8) is 0 Å². The van der Waals surface area contributed by atoms with Gasteiger partial charge in [0.15, 0.2) is 11.6 Å². The maximum atomic E-state index is 13.7. The second-order valence-electron chi connectivity index (χ2n) is 20.1. The van der Waals surface area contributed by atoms with Gasteiger partial charge in [0, 0.05) is 37.3 Å². The third-order valence-corrected chi connectivity index (χ3v) is 18.5. The lowest BCUT2D eigenvalue weighted by atomic mass is 9.95. The first kappa shape index (κ1) is 68.1. The molecule has 0 radical (unpaired) electrons. The van der Waals surface area contributed by atoms with Gasteiger partial charge >= 0.3 is 0 Å². The summed E-state index contributed by atoms with van der Waals surface area (Å²) in [6, 6.07) is 8.99. The van der Waals surface area contributed by atoms with E-state index in [1.807, 2.05) is 20.8 Å². The summed E-state index contributed by atoms with van der Waals surface area (Å²) < 4.78 is 72.2. The normalized spacial score (nSPS) is 14.7. The first-order chi connectivity index (χ1) is 39.7. The van der Waals surface area contributed by atoms with Crippen molar-refractivity contribution in [2.75, 3.05) is 52.6 Å². The van der Waals surface area contributed by atoms with Crippen LogP contribution in [0.25, 0.3) is 33.8 Å². The number of benzene rings is 2. The van der Waals surface area contributed by atoms with Crippen LogP contribution in [-0.4, -0.2) is 140 Å². The lowest BCUT2D eigenvalue weighted by Gasteiger charge is -2.31. The predicted molar refractivity (Wildman–Crippen MR) is 318 cm³/mol. The smallest absolute Gasteiger partial charge is 0.294 e. The highest BCUT2D eigenvalue weighted by atomic mass is 35.5. The topological polar surface area (TPSA) is 363 Å². The molecule has 0 atom stereocenters. The number of aryl methyl sites for hydroxylation is 4. The number of H-pyrrole nitrogens is 2. The fraction of sp³-hybridized carbons (Fsp3) is 0.519. The van der Waals surface area contributed by atoms with Crippen molar-refractivity contribution in [3.05, 3.63) is 111 Å². The monoisotopic (exact) mass is 1250 g/mol. The van der Waals surface area contributed by atoms with Crippen LogP contribution in [0.3, 0.4) is 0 Å². The number of fused-ring (bicyclic) bond motifs is 2. The Bertz CT molecular complexity index is 3720. The second kappa shape index (κ2) is 30.4. The molecule has 2 aliphatic heterocycles. The van der Waals surface area contributed by atoms with E-state index >= 15 is 0 Å². The molecule has 0 spiro atoms. The molecule has 0 amide bonds. The first-order valence-electron chi connectivity index (χ1n) is 27.5. The molecule has 31 heteroatoms. The summed E-state index contributed by atoms with van der Waals surface area (Å²) in [4.78, 5) is 61.8. The average Bonchev–Trinajstić information content (AvgIpc) is 2.96. The van der Waals surface area contributed by atoms with Crippen LogP contribution in [0.4, 0.5) is 0 Å². The molecule has 2 saturated heterocycles. The van der Waals surface area contributed by atoms with E-state index < -0.39 is 41.3 Å². The summed E-state index contributed by atoms with van der Waals surface area (Å²) in [5.74, 6) is 1.26. The Morgan fingerprint density at radius 2 is 1.04 bits per heavy atom. The zero-order chi connectivity index (χ0) is 60.2. The highest BCUT2D eigenvalue weighted by Crippen LogP contribution is 2.36. The molecule has 0 saturated carbocycles. The molecule has 2 aromatic carbocycles. The van der Waals surface area contributed by atoms with Gasteiger partial charge in [-0.3, -0.25) is 9.59 Å². The molecule has 4 aromatic heterocycles. The minimum absolute atomic E-state index is 0. The summed E-state index contributed by atoms with van der Waals surface area (Å²) >= 11 is 0. The van der Waals surface area contributed by atoms with Crippen molar-refractivity contribution >= 4 is 55.9 Å². The molecule has 0 bridgehead atoms. The van der Waals surface area contributed by atoms with Gasteiger partial charge < -0.3 is 39.5 Å². The van der Waals surface area contributed by atoms with Crippen molar-refractivity contribution < 1.29 is 56.6 Å². The van der Waals surface area contributed by atoms with Crippen molar-refractivity contribution in [2.45, 2.75) is 129 Å². The Morgan fingerprint density at radius 3 is 1.38 bits per heavy atom. The number of oxime groups is 2. The standard InChI is InChI=1S/C27H36N6O8S.C26H34N6O8S.CH4.ClH/c1-4-6-23-22(17-28-35)18(3)25-27(34)29-26(30-32(23)25)21-16-20(7-8-24(21)40-14-5-2)42(38,39)31-12-9-19(10-13-31)11-15-41-33(36)37;1-4-6-22-21(16-27-34)17(3)24-26(33)28-25(29-31(22)24)20-15-19(7-8-23(20)39-5-2)41(37,38)30-12-9-18(10-13-30)11-14-40-32(35)36;;/h7-8,16-17,19,35H,4-6,9-15H2,1-3H3,(H,29,30,34);7-8,15-16,18,34H,4-6,9-14H2,1-3H3,(H,28,29,33);1H4;1H/b28-17+;27-16-;;. The van der Waals surface area contributed by atoms with Gasteiger partial charge in [-0.25, -0.2) is 25.9 Å². The first-order valence-corrected chi connectivity index (χ1v) is 30.3. The van der Waals surface area contributed by atoms with Gasteiger partial charge in [0.1, 0.15) is 22.5 Å². The van der Waals surface area contributed by atoms with Crippen LogP contribution < -0.4 is 20.6 Å². The highest BCUT2D eigenvalue weighted by Gasteiger charge is 2.33. The molecule has 8 rings (SSSR count). The highest BCUT2D eigenvalue weighted by molar-refractivity contribution is 7.89. The summed E-state index contributed by atoms with van der Waals surface area (Å²) in [7, 11) is -7.79. The number of ether oxygens (including phenoxy) is 2. The van der Waals surface area contributed by atoms with E-state index in [2.05, 4.69) is 35.1 Å². The van der Waals surface area contributed by atoms with E-state index in [0.717, 1.165) is 12.8 Å². The number of hydrogen-bond donors (Lipinski definition) is 4. The van der Waals surface area contributed by atoms with Crippen molar-refractivity contribution in [1.29, 1.82) is 0 Å². The van der Waals surface area contributed by atoms with Crippen LogP contribution in [-0.2, 0) is 42.6 Å². The Morgan fingerprint density at radius 1 is 0.647 bits per heavy atom. The quantitative estimate of drug-likeness (QED) is 0.0184. The zero-order valence-corrected chi connectivity index (χ0v) is 50.0. The molecule has 0 unspecified atom stereocenters. The van der Waals surface area contributed by atoms with Crippen LogP contribution in [0.5, 0.6) is 11.5 Å². The fourth-order valence-corrected chi connectivity index (χ4v) is 13.6. The maximum Gasteiger partial charge on any atom is 0.294 e. The average molecular weight is 1250 g/mol. The van der Waals surface area contributed by atoms with Crippen molar-refractivity contribution in [2.24, 2.45) is 22.1 Å². The molecule has 6 heterocycles. The SMILES string of the molecule is C.CCCOc1ccc(S(=O)(=O)N2CCC(CCO[N+](=O)[O-])CC2)cc1-c1nn2c(CCC)c(/C=N/O)c(C)c2c(=O)[nH]1.CCCc1c(/C=N\O)c(C)c2c(=O)[nH]c(-c3cc(S(=O)(=O)N4CCC(CCO[N+](=O)[O-])CC4)ccc3OCC)nn12.Cl. The van der Waals surface area contributed by atoms with Crippen LogP contribution in [0.1, 0.15) is 127 Å². The molecule has 2 aliphatic rings. The molecular weight excluding hydrogens is 1170 g/mol. The Labute approximate surface area is 497 Å². The van der Waals surface area contributed by atoms with Crippen LogP contribution >= 0.6 is 12.4 Å². The van der Waals surface area contributed by atoms with Crippen LogP contribution in [0, 0.1) is 45.9 Å². The minimum atomic E-state index is -3.90. The molecule has 466 valence electrons. The Balaban J connectivity index is 0.000000304. The lowest BCUT2D eigenvalue weighted by molar-refractivity contribution is -0.758. The third kappa shape index (κ3) is 15.4. The summed E-state index contributed by atoms with van der Waals surface area (Å²) in [5.41, 5.74) is 4.20. The van der Waals surface area contributed by atoms with E-state index in [0.29, 0.717) is 138 Å². The fourth-order valence-electron chi connectivity index (χ4n) is 10.6. The van der Waals surface area contributed by atoms with E-state index in [1.54, 1.807) is 32.9 Å². The molecule has 4 N–H and O–H groups in total. The lowest BCUT2D eigenvalue weighted by Crippen LogP contribution is -2.38. The van der Waals surface area contributed by atoms with E-state index in [1.165, 1.54) is 54.3 Å². The summed E-state index contributed by atoms with van der Waals surface area (Å²) in [5, 5.41) is 53.3. The Hall–Kier alpha value is -7.67. The molecule has 0 aliphatic carbocycles. The number of aromatic nitrogens is 6. The summed E-state index contributed by atoms with van der Waals surface area (Å²) in [6.07, 6.45) is 9.10. The zero-order valence-electron chi connectivity index (χ0n) is 47.5. The number of halogens is 1. The second-order valence-corrected chi connectivity index (χ2v) is 23.9. The number of rotatable bonds is 25. The van der Waals surface area contributed by atoms with Gasteiger partial charge in [0.25, 0.3) is 21.3 Å². The van der Waals surface area contributed by atoms with Gasteiger partial charge in [-0.2, -0.15) is 8.61 Å². The van der Waals surface area contributed by atoms with E-state index in [9.17, 15) is 57.1 Å². The number of nitrogens with one attached hydrogen (secondary N) is 2. The van der Waals surface area contributed by atoms with Gasteiger partial charge in [-0.15, -0.1) is 42.8 Å². The molecular formula is C54H75ClN12O16S2. The maximum absolute atomic E-state index is 13.7. The molecule has 85 heavy (non-hydrogen) atoms. The van der Waals surface area contributed by atoms with Crippen molar-refractivity contribution in [1.82, 2.24) is 37.8 Å². The van der Waals surface area contributed by atoms with E-state index in [-0.39, 0.29) is 92.5 Å². The number of piperidine rings is 2. The number of aromatic amines is 2. The molecule has 2 fully saturated rings. The largest absolute Gasteiger partial charge is 0.493 e. The van der Waals surface area contributed by atoms with Crippen LogP contribution in [0.15, 0.2) is 66.1 Å². The predicted octanol–water partition coefficient (Wildman–Crippen LogP) is 7.76. The van der Waals surface area contributed by atoms with E-state index in [4.69, 9.17) is 14.6 Å². The Kier molecular flexibility index (Phi) is 24.4. The van der Waals surface area contributed by atoms with Crippen molar-refractivity contribution in [3.8, 4) is 34.3 Å². The number of sulfonamides is 2. The van der Waals surface area contributed by atoms with Gasteiger partial charge in [0.05, 0.1) is 71.2 Å². The number of nitrogens with zero attached hydrogens (tertiary/aromatic N) is 10. The van der Waals surface area contributed by atoms with Gasteiger partial charge in [-0.05, 0) is 138 Å². The minimum Gasteiger partial charge on any atom is -0.493 e. The molecule has 6 aromatic rings. The van der Waals surface area contributed by atoms with Gasteiger partial charge in [-0.1, -0.05) is 51.4 Å².